The van der Waals surface area contributed by atoms with Crippen LogP contribution in [0.1, 0.15) is 37.5 Å². The summed E-state index contributed by atoms with van der Waals surface area (Å²) in [5.74, 6) is 0.229. The Bertz CT molecular complexity index is 1700. The van der Waals surface area contributed by atoms with Gasteiger partial charge in [0.25, 0.3) is 0 Å². The van der Waals surface area contributed by atoms with Crippen LogP contribution in [0.4, 0.5) is 5.82 Å². The fourth-order valence-electron chi connectivity index (χ4n) is 7.46. The zero-order valence-electron chi connectivity index (χ0n) is 27.6. The van der Waals surface area contributed by atoms with Crippen LogP contribution < -0.4 is 5.73 Å². The fourth-order valence-corrected chi connectivity index (χ4v) is 9.79. The van der Waals surface area contributed by atoms with Crippen LogP contribution in [0.2, 0.25) is 13.1 Å². The van der Waals surface area contributed by atoms with E-state index in [1.54, 1.807) is 6.33 Å². The van der Waals surface area contributed by atoms with Gasteiger partial charge in [-0.2, -0.15) is 0 Å². The van der Waals surface area contributed by atoms with Gasteiger partial charge in [-0.15, -0.1) is 0 Å². The summed E-state index contributed by atoms with van der Waals surface area (Å²) in [7, 11) is -0.301. The molecule has 1 radical (unpaired) electrons. The lowest BCUT2D eigenvalue weighted by atomic mass is 9.60. The van der Waals surface area contributed by atoms with Crippen molar-refractivity contribution in [3.63, 3.8) is 0 Å². The number of nitrogens with zero attached hydrogens (tertiary/aromatic N) is 4. The van der Waals surface area contributed by atoms with Crippen molar-refractivity contribution in [2.24, 2.45) is 0 Å². The molecule has 0 amide bonds. The number of aliphatic hydroxyl groups excluding tert-OH is 1. The molecule has 1 saturated heterocycles. The summed E-state index contributed by atoms with van der Waals surface area (Å²) in [4.78, 5) is 24.4. The van der Waals surface area contributed by atoms with Crippen LogP contribution in [-0.2, 0) is 30.4 Å². The standard InChI is InChI=1S/C36H42N5O5Si/c1-33(2,3)46-35(47(5)6)30(42)28(22-44-43-4)45-36(35,41-24-40-29-31(37)38-23-39-32(29)41)34(25-16-10-7-11-17-25,26-18-12-8-13-19-26)27-20-14-9-15-21-27/h7-21,23-24,28,30,42H,22H2,1-6H3,(H2,37,38,39)/t28-,30-,35+,36-/m1/s1. The SMILES string of the molecule is COOC[C@H]1O[C@](n2cnc3c(N)ncnc32)(C(c2ccccc2)(c2ccccc2)c2ccccc2)[C@@](OC(C)(C)C)([Si](C)C)[C@@H]1O. The molecule has 6 rings (SSSR count). The highest BCUT2D eigenvalue weighted by atomic mass is 28.3. The first-order valence-electron chi connectivity index (χ1n) is 15.7. The number of nitrogens with two attached hydrogens (primary N) is 1. The molecular weight excluding hydrogens is 611 g/mol. The third-order valence-corrected chi connectivity index (χ3v) is 11.2. The Labute approximate surface area is 277 Å². The zero-order chi connectivity index (χ0) is 33.5. The summed E-state index contributed by atoms with van der Waals surface area (Å²) in [6.45, 7) is 10.2. The van der Waals surface area contributed by atoms with Crippen molar-refractivity contribution in [3.8, 4) is 0 Å². The predicted molar refractivity (Wildman–Crippen MR) is 182 cm³/mol. The van der Waals surface area contributed by atoms with Crippen molar-refractivity contribution >= 4 is 25.8 Å². The van der Waals surface area contributed by atoms with Gasteiger partial charge in [-0.1, -0.05) is 104 Å². The summed E-state index contributed by atoms with van der Waals surface area (Å²) >= 11 is 0. The molecule has 11 heteroatoms. The fraction of sp³-hybridized carbons (Fsp3) is 0.361. The number of imidazole rings is 1. The topological polar surface area (TPSA) is 127 Å². The largest absolute Gasteiger partial charge is 0.387 e. The maximum atomic E-state index is 12.9. The second kappa shape index (κ2) is 12.6. The summed E-state index contributed by atoms with van der Waals surface area (Å²) in [6.07, 6.45) is 1.03. The Morgan fingerprint density at radius 2 is 1.40 bits per heavy atom. The van der Waals surface area contributed by atoms with Crippen LogP contribution >= 0.6 is 0 Å². The molecule has 0 saturated carbocycles. The number of aromatic nitrogens is 4. The second-order valence-electron chi connectivity index (χ2n) is 13.0. The van der Waals surface area contributed by atoms with Crippen LogP contribution in [0.5, 0.6) is 0 Å². The molecule has 5 aromatic rings. The van der Waals surface area contributed by atoms with Crippen molar-refractivity contribution in [2.75, 3.05) is 19.5 Å². The molecular formula is C36H42N5O5Si. The van der Waals surface area contributed by atoms with E-state index < -0.39 is 43.0 Å². The third kappa shape index (κ3) is 5.00. The van der Waals surface area contributed by atoms with Crippen LogP contribution in [0.25, 0.3) is 11.2 Å². The molecule has 245 valence electrons. The maximum absolute atomic E-state index is 12.9. The molecule has 1 fully saturated rings. The van der Waals surface area contributed by atoms with E-state index in [0.717, 1.165) is 16.7 Å². The molecule has 1 aliphatic rings. The molecule has 0 spiro atoms. The number of rotatable bonds is 10. The van der Waals surface area contributed by atoms with E-state index in [9.17, 15) is 5.11 Å². The quantitative estimate of drug-likeness (QED) is 0.0897. The van der Waals surface area contributed by atoms with Crippen LogP contribution in [-0.4, -0.2) is 70.2 Å². The van der Waals surface area contributed by atoms with E-state index >= 15 is 0 Å². The minimum Gasteiger partial charge on any atom is -0.387 e. The van der Waals surface area contributed by atoms with E-state index in [-0.39, 0.29) is 12.4 Å². The number of fused-ring (bicyclic) bond motifs is 1. The minimum absolute atomic E-state index is 0.0674. The summed E-state index contributed by atoms with van der Waals surface area (Å²) in [5, 5.41) is 11.5. The number of benzene rings is 3. The second-order valence-corrected chi connectivity index (χ2v) is 15.8. The highest BCUT2D eigenvalue weighted by Crippen LogP contribution is 2.63. The monoisotopic (exact) mass is 652 g/mol. The molecule has 3 N–H and O–H groups in total. The van der Waals surface area contributed by atoms with E-state index in [1.807, 2.05) is 79.9 Å². The molecule has 4 atom stereocenters. The van der Waals surface area contributed by atoms with Gasteiger partial charge in [-0.05, 0) is 37.5 Å². The Kier molecular flexibility index (Phi) is 8.81. The van der Waals surface area contributed by atoms with Crippen molar-refractivity contribution in [1.29, 1.82) is 0 Å². The van der Waals surface area contributed by atoms with Gasteiger partial charge in [-0.3, -0.25) is 4.57 Å². The molecule has 3 aromatic carbocycles. The molecule has 1 aliphatic heterocycles. The first-order chi connectivity index (χ1) is 22.5. The lowest BCUT2D eigenvalue weighted by Gasteiger charge is -2.59. The normalized spacial score (nSPS) is 23.5. The van der Waals surface area contributed by atoms with Crippen LogP contribution in [0, 0.1) is 0 Å². The molecule has 0 bridgehead atoms. The predicted octanol–water partition coefficient (Wildman–Crippen LogP) is 5.28. The van der Waals surface area contributed by atoms with E-state index in [0.29, 0.717) is 11.2 Å². The van der Waals surface area contributed by atoms with Gasteiger partial charge >= 0.3 is 0 Å². The summed E-state index contributed by atoms with van der Waals surface area (Å²) in [5.41, 5.74) is 6.46. The first-order valence-corrected chi connectivity index (χ1v) is 18.2. The van der Waals surface area contributed by atoms with Crippen LogP contribution in [0.15, 0.2) is 104 Å². The van der Waals surface area contributed by atoms with Gasteiger partial charge in [-0.25, -0.2) is 24.7 Å². The van der Waals surface area contributed by atoms with Gasteiger partial charge < -0.3 is 20.3 Å². The maximum Gasteiger partial charge on any atom is 0.194 e. The summed E-state index contributed by atoms with van der Waals surface area (Å²) < 4.78 is 16.9. The first kappa shape index (κ1) is 32.9. The number of ether oxygens (including phenoxy) is 2. The Balaban J connectivity index is 1.93. The van der Waals surface area contributed by atoms with Crippen molar-refractivity contribution in [2.45, 2.75) is 68.0 Å². The van der Waals surface area contributed by atoms with Gasteiger partial charge in [0.05, 0.1) is 33.2 Å². The molecule has 47 heavy (non-hydrogen) atoms. The zero-order valence-corrected chi connectivity index (χ0v) is 28.6. The average molecular weight is 653 g/mol. The van der Waals surface area contributed by atoms with Crippen LogP contribution in [0.3, 0.4) is 0 Å². The number of hydrogen-bond donors (Lipinski definition) is 2. The molecule has 0 unspecified atom stereocenters. The lowest BCUT2D eigenvalue weighted by molar-refractivity contribution is -0.297. The molecule has 2 aromatic heterocycles. The molecule has 3 heterocycles. The number of nitrogen functional groups attached to an aromatic ring is 1. The highest BCUT2D eigenvalue weighted by molar-refractivity contribution is 6.60. The summed E-state index contributed by atoms with van der Waals surface area (Å²) in [6, 6.07) is 30.6. The Morgan fingerprint density at radius 1 is 0.872 bits per heavy atom. The van der Waals surface area contributed by atoms with E-state index in [4.69, 9.17) is 35.0 Å². The van der Waals surface area contributed by atoms with E-state index in [2.05, 4.69) is 54.5 Å². The molecule has 10 nitrogen and oxygen atoms in total. The third-order valence-electron chi connectivity index (χ3n) is 8.98. The minimum atomic E-state index is -1.74. The Hall–Kier alpha value is -3.97. The van der Waals surface area contributed by atoms with Gasteiger partial charge in [0.15, 0.2) is 17.2 Å². The number of aliphatic hydroxyl groups is 1. The van der Waals surface area contributed by atoms with Crippen molar-refractivity contribution in [1.82, 2.24) is 19.5 Å². The average Bonchev–Trinajstić information content (AvgIpc) is 3.61. The van der Waals surface area contributed by atoms with Gasteiger partial charge in [0, 0.05) is 0 Å². The van der Waals surface area contributed by atoms with Crippen molar-refractivity contribution in [3.05, 3.63) is 120 Å². The smallest absolute Gasteiger partial charge is 0.194 e. The lowest BCUT2D eigenvalue weighted by Crippen LogP contribution is -2.74. The van der Waals surface area contributed by atoms with Crippen molar-refractivity contribution < 1.29 is 24.4 Å². The van der Waals surface area contributed by atoms with E-state index in [1.165, 1.54) is 13.4 Å². The Morgan fingerprint density at radius 3 is 1.87 bits per heavy atom. The molecule has 0 aliphatic carbocycles. The van der Waals surface area contributed by atoms with Gasteiger partial charge in [0.2, 0.25) is 0 Å². The number of hydrogen-bond acceptors (Lipinski definition) is 9. The highest BCUT2D eigenvalue weighted by Gasteiger charge is 2.78. The number of anilines is 1. The van der Waals surface area contributed by atoms with Gasteiger partial charge in [0.1, 0.15) is 35.9 Å².